The lowest BCUT2D eigenvalue weighted by molar-refractivity contribution is -0.128. The minimum atomic E-state index is -4.15. The Morgan fingerprint density at radius 1 is 1.10 bits per heavy atom. The van der Waals surface area contributed by atoms with Gasteiger partial charge in [-0.2, -0.15) is 0 Å². The Kier molecular flexibility index (Phi) is 6.21. The van der Waals surface area contributed by atoms with Crippen molar-refractivity contribution in [1.82, 2.24) is 4.31 Å². The quantitative estimate of drug-likeness (QED) is 0.705. The lowest BCUT2D eigenvalue weighted by Crippen LogP contribution is -2.45. The number of amides is 2. The second kappa shape index (κ2) is 8.66. The minimum absolute atomic E-state index is 0.0367. The summed E-state index contributed by atoms with van der Waals surface area (Å²) in [7, 11) is -4.15. The molecule has 0 unspecified atom stereocenters. The van der Waals surface area contributed by atoms with Crippen molar-refractivity contribution in [2.75, 3.05) is 11.9 Å². The Balaban J connectivity index is 1.79. The molecule has 2 aromatic rings. The maximum Gasteiger partial charge on any atom is 0.338 e. The third kappa shape index (κ3) is 4.35. The summed E-state index contributed by atoms with van der Waals surface area (Å²) >= 11 is 0. The highest BCUT2D eigenvalue weighted by Gasteiger charge is 2.44. The van der Waals surface area contributed by atoms with Gasteiger partial charge in [0.05, 0.1) is 17.1 Å². The molecule has 158 valence electrons. The molecule has 0 aliphatic carbocycles. The lowest BCUT2D eigenvalue weighted by Gasteiger charge is -2.23. The Bertz CT molecular complexity index is 1060. The van der Waals surface area contributed by atoms with Crippen molar-refractivity contribution in [2.45, 2.75) is 37.6 Å². The average Bonchev–Trinajstić information content (AvgIpc) is 3.11. The fraction of sp³-hybridized carbons (Fsp3) is 0.286. The largest absolute Gasteiger partial charge is 0.462 e. The summed E-state index contributed by atoms with van der Waals surface area (Å²) in [4.78, 5) is 36.8. The van der Waals surface area contributed by atoms with Crippen molar-refractivity contribution in [3.05, 3.63) is 59.7 Å². The van der Waals surface area contributed by atoms with Crippen LogP contribution in [0, 0.1) is 6.92 Å². The number of carbonyl (C=O) groups is 3. The van der Waals surface area contributed by atoms with E-state index in [1.165, 1.54) is 36.4 Å². The smallest absolute Gasteiger partial charge is 0.338 e. The van der Waals surface area contributed by atoms with E-state index in [0.717, 1.165) is 5.56 Å². The van der Waals surface area contributed by atoms with Crippen LogP contribution in [-0.4, -0.2) is 43.2 Å². The molecular weight excluding hydrogens is 408 g/mol. The highest BCUT2D eigenvalue weighted by Crippen LogP contribution is 2.28. The number of hydrogen-bond acceptors (Lipinski definition) is 6. The van der Waals surface area contributed by atoms with Gasteiger partial charge in [0.25, 0.3) is 10.0 Å². The van der Waals surface area contributed by atoms with Crippen LogP contribution >= 0.6 is 0 Å². The molecule has 1 saturated heterocycles. The number of nitrogens with zero attached hydrogens (tertiary/aromatic N) is 1. The molecule has 0 radical (unpaired) electrons. The highest BCUT2D eigenvalue weighted by molar-refractivity contribution is 7.89. The van der Waals surface area contributed by atoms with Gasteiger partial charge in [-0.1, -0.05) is 17.7 Å². The van der Waals surface area contributed by atoms with Crippen LogP contribution in [0.1, 0.15) is 35.7 Å². The van der Waals surface area contributed by atoms with E-state index in [0.29, 0.717) is 15.6 Å². The van der Waals surface area contributed by atoms with E-state index in [2.05, 4.69) is 5.32 Å². The van der Waals surface area contributed by atoms with Crippen LogP contribution in [0.4, 0.5) is 5.69 Å². The van der Waals surface area contributed by atoms with Crippen LogP contribution in [0.3, 0.4) is 0 Å². The normalized spacial score (nSPS) is 16.4. The van der Waals surface area contributed by atoms with Gasteiger partial charge in [0.1, 0.15) is 6.04 Å². The molecule has 0 spiro atoms. The number of benzene rings is 2. The molecule has 1 fully saturated rings. The van der Waals surface area contributed by atoms with Crippen LogP contribution in [0.2, 0.25) is 0 Å². The maximum atomic E-state index is 13.0. The van der Waals surface area contributed by atoms with E-state index in [4.69, 9.17) is 4.74 Å². The Morgan fingerprint density at radius 3 is 2.33 bits per heavy atom. The van der Waals surface area contributed by atoms with Gasteiger partial charge < -0.3 is 10.1 Å². The molecule has 8 nitrogen and oxygen atoms in total. The first kappa shape index (κ1) is 21.5. The molecule has 9 heteroatoms. The topological polar surface area (TPSA) is 110 Å². The summed E-state index contributed by atoms with van der Waals surface area (Å²) in [6, 6.07) is 11.0. The molecule has 1 atom stereocenters. The fourth-order valence-corrected chi connectivity index (χ4v) is 4.76. The number of esters is 1. The zero-order chi connectivity index (χ0) is 21.9. The zero-order valence-corrected chi connectivity index (χ0v) is 17.4. The lowest BCUT2D eigenvalue weighted by atomic mass is 10.2. The molecular formula is C21H22N2O6S. The van der Waals surface area contributed by atoms with Crippen molar-refractivity contribution in [1.29, 1.82) is 0 Å². The van der Waals surface area contributed by atoms with E-state index in [1.54, 1.807) is 19.1 Å². The fourth-order valence-electron chi connectivity index (χ4n) is 3.15. The van der Waals surface area contributed by atoms with Crippen molar-refractivity contribution < 1.29 is 27.5 Å². The van der Waals surface area contributed by atoms with E-state index in [9.17, 15) is 22.8 Å². The van der Waals surface area contributed by atoms with Gasteiger partial charge >= 0.3 is 5.97 Å². The maximum absolute atomic E-state index is 13.0. The average molecular weight is 430 g/mol. The molecule has 0 bridgehead atoms. The predicted molar refractivity (Wildman–Crippen MR) is 109 cm³/mol. The van der Waals surface area contributed by atoms with Gasteiger partial charge in [-0.3, -0.25) is 9.59 Å². The van der Waals surface area contributed by atoms with Crippen LogP contribution in [-0.2, 0) is 24.3 Å². The Morgan fingerprint density at radius 2 is 1.73 bits per heavy atom. The van der Waals surface area contributed by atoms with Crippen molar-refractivity contribution in [2.24, 2.45) is 0 Å². The van der Waals surface area contributed by atoms with Crippen LogP contribution < -0.4 is 5.32 Å². The first-order valence-corrected chi connectivity index (χ1v) is 10.9. The molecule has 1 aliphatic rings. The van der Waals surface area contributed by atoms with Crippen molar-refractivity contribution in [3.8, 4) is 0 Å². The number of carbonyl (C=O) groups excluding carboxylic acids is 3. The van der Waals surface area contributed by atoms with E-state index in [1.807, 2.05) is 6.92 Å². The van der Waals surface area contributed by atoms with Gasteiger partial charge in [-0.25, -0.2) is 17.5 Å². The second-order valence-electron chi connectivity index (χ2n) is 6.85. The van der Waals surface area contributed by atoms with E-state index >= 15 is 0 Å². The second-order valence-corrected chi connectivity index (χ2v) is 8.66. The van der Waals surface area contributed by atoms with Crippen LogP contribution in [0.15, 0.2) is 53.4 Å². The summed E-state index contributed by atoms with van der Waals surface area (Å²) in [5.74, 6) is -1.71. The molecule has 2 aromatic carbocycles. The van der Waals surface area contributed by atoms with Gasteiger partial charge in [-0.15, -0.1) is 0 Å². The monoisotopic (exact) mass is 430 g/mol. The van der Waals surface area contributed by atoms with Gasteiger partial charge in [0, 0.05) is 12.1 Å². The summed E-state index contributed by atoms with van der Waals surface area (Å²) in [6.45, 7) is 3.77. The summed E-state index contributed by atoms with van der Waals surface area (Å²) < 4.78 is 31.5. The minimum Gasteiger partial charge on any atom is -0.462 e. The molecule has 3 rings (SSSR count). The predicted octanol–water partition coefficient (Wildman–Crippen LogP) is 2.49. The van der Waals surface area contributed by atoms with Crippen molar-refractivity contribution >= 4 is 33.5 Å². The summed E-state index contributed by atoms with van der Waals surface area (Å²) in [6.07, 6.45) is 0.0572. The molecule has 1 aliphatic heterocycles. The standard InChI is InChI=1S/C21H22N2O6S/c1-3-29-21(26)15-6-8-16(9-7-15)22-20(25)18-12-13-19(24)23(18)30(27,28)17-10-4-14(2)5-11-17/h4-11,18H,3,12-13H2,1-2H3,(H,22,25)/t18-/m0/s1. The number of aryl methyl sites for hydroxylation is 1. The van der Waals surface area contributed by atoms with Crippen LogP contribution in [0.25, 0.3) is 0 Å². The number of sulfonamides is 1. The first-order valence-electron chi connectivity index (χ1n) is 9.46. The molecule has 0 aromatic heterocycles. The first-order chi connectivity index (χ1) is 14.2. The SMILES string of the molecule is CCOC(=O)c1ccc(NC(=O)[C@@H]2CCC(=O)N2S(=O)(=O)c2ccc(C)cc2)cc1. The summed E-state index contributed by atoms with van der Waals surface area (Å²) in [5.41, 5.74) is 1.58. The number of anilines is 1. The third-order valence-electron chi connectivity index (χ3n) is 4.70. The number of nitrogens with one attached hydrogen (secondary N) is 1. The van der Waals surface area contributed by atoms with Gasteiger partial charge in [0.15, 0.2) is 0 Å². The van der Waals surface area contributed by atoms with Gasteiger partial charge in [0.2, 0.25) is 11.8 Å². The molecule has 2 amide bonds. The van der Waals surface area contributed by atoms with E-state index < -0.39 is 33.8 Å². The molecule has 1 N–H and O–H groups in total. The molecule has 0 saturated carbocycles. The molecule has 30 heavy (non-hydrogen) atoms. The summed E-state index contributed by atoms with van der Waals surface area (Å²) in [5, 5.41) is 2.62. The Labute approximate surface area is 174 Å². The highest BCUT2D eigenvalue weighted by atomic mass is 32.2. The molecule has 1 heterocycles. The number of ether oxygens (including phenoxy) is 1. The zero-order valence-electron chi connectivity index (χ0n) is 16.6. The number of hydrogen-bond donors (Lipinski definition) is 1. The van der Waals surface area contributed by atoms with Crippen LogP contribution in [0.5, 0.6) is 0 Å². The van der Waals surface area contributed by atoms with Crippen molar-refractivity contribution in [3.63, 3.8) is 0 Å². The third-order valence-corrected chi connectivity index (χ3v) is 6.55. The number of rotatable bonds is 6. The van der Waals surface area contributed by atoms with E-state index in [-0.39, 0.29) is 24.3 Å². The van der Waals surface area contributed by atoms with Gasteiger partial charge in [-0.05, 0) is 56.7 Å². The Hall–Kier alpha value is -3.20.